The molecule has 0 N–H and O–H groups in total. The summed E-state index contributed by atoms with van der Waals surface area (Å²) >= 11 is 1.88. The molecule has 17 heavy (non-hydrogen) atoms. The predicted octanol–water partition coefficient (Wildman–Crippen LogP) is 5.19. The van der Waals surface area contributed by atoms with E-state index in [0.717, 1.165) is 0 Å². The molecule has 0 saturated carbocycles. The largest absolute Gasteiger partial charge is 0.140 e. The summed E-state index contributed by atoms with van der Waals surface area (Å²) < 4.78 is 1.39. The third-order valence-corrected chi connectivity index (χ3v) is 4.47. The second kappa shape index (κ2) is 4.01. The normalized spacial score (nSPS) is 10.9. The quantitative estimate of drug-likeness (QED) is 0.547. The maximum atomic E-state index is 2.31. The van der Waals surface area contributed by atoms with Crippen LogP contribution in [0.1, 0.15) is 10.4 Å². The molecule has 3 rings (SSSR count). The van der Waals surface area contributed by atoms with Gasteiger partial charge in [0, 0.05) is 9.58 Å². The summed E-state index contributed by atoms with van der Waals surface area (Å²) in [7, 11) is 0. The Kier molecular flexibility index (Phi) is 2.49. The van der Waals surface area contributed by atoms with Gasteiger partial charge in [-0.15, -0.1) is 11.3 Å². The summed E-state index contributed by atoms with van der Waals surface area (Å²) in [6.07, 6.45) is 0. The van der Waals surface area contributed by atoms with Crippen molar-refractivity contribution < 1.29 is 0 Å². The van der Waals surface area contributed by atoms with Crippen LogP contribution in [0.15, 0.2) is 48.5 Å². The molecule has 0 aliphatic rings. The van der Waals surface area contributed by atoms with Crippen LogP contribution >= 0.6 is 11.3 Å². The summed E-state index contributed by atoms with van der Waals surface area (Å²) in [6, 6.07) is 17.3. The van der Waals surface area contributed by atoms with Crippen LogP contribution in [0.25, 0.3) is 21.2 Å². The molecular weight excluding hydrogens is 224 g/mol. The Morgan fingerprint density at radius 2 is 1.59 bits per heavy atom. The monoisotopic (exact) mass is 238 g/mol. The highest BCUT2D eigenvalue weighted by Crippen LogP contribution is 2.33. The highest BCUT2D eigenvalue weighted by Gasteiger charge is 2.06. The van der Waals surface area contributed by atoms with E-state index in [-0.39, 0.29) is 0 Å². The summed E-state index contributed by atoms with van der Waals surface area (Å²) in [5.41, 5.74) is 4.01. The smallest absolute Gasteiger partial charge is 0.0348 e. The Labute approximate surface area is 106 Å². The molecule has 3 aromatic rings. The van der Waals surface area contributed by atoms with E-state index in [0.29, 0.717) is 0 Å². The van der Waals surface area contributed by atoms with Crippen molar-refractivity contribution in [3.05, 3.63) is 59.0 Å². The number of fused-ring (bicyclic) bond motifs is 1. The minimum Gasteiger partial charge on any atom is -0.140 e. The minimum atomic E-state index is 1.29. The Morgan fingerprint density at radius 3 is 2.35 bits per heavy atom. The zero-order valence-electron chi connectivity index (χ0n) is 10.0. The van der Waals surface area contributed by atoms with Crippen LogP contribution in [-0.4, -0.2) is 0 Å². The molecule has 1 heteroatoms. The van der Waals surface area contributed by atoms with Gasteiger partial charge in [-0.05, 0) is 48.1 Å². The van der Waals surface area contributed by atoms with Gasteiger partial charge in [-0.25, -0.2) is 0 Å². The van der Waals surface area contributed by atoms with Crippen molar-refractivity contribution in [3.63, 3.8) is 0 Å². The summed E-state index contributed by atoms with van der Waals surface area (Å²) in [4.78, 5) is 1.42. The molecule has 0 spiro atoms. The van der Waals surface area contributed by atoms with Crippen LogP contribution in [0.5, 0.6) is 0 Å². The standard InChI is InChI=1S/C16H14S/c1-11-12(2)17-16-9-8-14(10-15(11)16)13-6-4-3-5-7-13/h3-10H,1-2H3. The van der Waals surface area contributed by atoms with Gasteiger partial charge in [0.15, 0.2) is 0 Å². The van der Waals surface area contributed by atoms with Crippen molar-refractivity contribution in [2.75, 3.05) is 0 Å². The summed E-state index contributed by atoms with van der Waals surface area (Å²) in [5, 5.41) is 1.40. The van der Waals surface area contributed by atoms with Crippen molar-refractivity contribution in [1.29, 1.82) is 0 Å². The van der Waals surface area contributed by atoms with Gasteiger partial charge in [-0.2, -0.15) is 0 Å². The van der Waals surface area contributed by atoms with Crippen LogP contribution in [0, 0.1) is 13.8 Å². The van der Waals surface area contributed by atoms with Gasteiger partial charge >= 0.3 is 0 Å². The van der Waals surface area contributed by atoms with Crippen LogP contribution in [0.2, 0.25) is 0 Å². The van der Waals surface area contributed by atoms with Gasteiger partial charge in [0.1, 0.15) is 0 Å². The van der Waals surface area contributed by atoms with Crippen LogP contribution in [0.3, 0.4) is 0 Å². The van der Waals surface area contributed by atoms with Crippen molar-refractivity contribution in [2.45, 2.75) is 13.8 Å². The van der Waals surface area contributed by atoms with E-state index in [2.05, 4.69) is 62.4 Å². The first kappa shape index (κ1) is 10.5. The fourth-order valence-electron chi connectivity index (χ4n) is 2.15. The molecule has 1 heterocycles. The lowest BCUT2D eigenvalue weighted by Crippen LogP contribution is -1.77. The van der Waals surface area contributed by atoms with Gasteiger partial charge in [0.05, 0.1) is 0 Å². The Morgan fingerprint density at radius 1 is 0.824 bits per heavy atom. The van der Waals surface area contributed by atoms with Crippen LogP contribution < -0.4 is 0 Å². The first-order valence-corrected chi connectivity index (χ1v) is 6.62. The van der Waals surface area contributed by atoms with Gasteiger partial charge in [0.25, 0.3) is 0 Å². The van der Waals surface area contributed by atoms with Crippen molar-refractivity contribution in [2.24, 2.45) is 0 Å². The SMILES string of the molecule is Cc1sc2ccc(-c3ccccc3)cc2c1C. The highest BCUT2D eigenvalue weighted by molar-refractivity contribution is 7.19. The average molecular weight is 238 g/mol. The number of aryl methyl sites for hydroxylation is 2. The minimum absolute atomic E-state index is 1.29. The molecule has 1 aromatic heterocycles. The fourth-order valence-corrected chi connectivity index (χ4v) is 3.20. The number of rotatable bonds is 1. The zero-order chi connectivity index (χ0) is 11.8. The lowest BCUT2D eigenvalue weighted by atomic mass is 10.0. The molecule has 0 fully saturated rings. The third-order valence-electron chi connectivity index (χ3n) is 3.28. The number of thiophene rings is 1. The summed E-state index contributed by atoms with van der Waals surface area (Å²) in [6.45, 7) is 4.41. The molecule has 0 nitrogen and oxygen atoms in total. The van der Waals surface area contributed by atoms with Crippen molar-refractivity contribution in [1.82, 2.24) is 0 Å². The molecule has 0 bridgehead atoms. The molecule has 0 unspecified atom stereocenters. The van der Waals surface area contributed by atoms with Crippen LogP contribution in [-0.2, 0) is 0 Å². The third kappa shape index (κ3) is 1.77. The second-order valence-electron chi connectivity index (χ2n) is 4.36. The molecule has 0 atom stereocenters. The number of hydrogen-bond acceptors (Lipinski definition) is 1. The van der Waals surface area contributed by atoms with Gasteiger partial charge in [-0.3, -0.25) is 0 Å². The molecule has 2 aromatic carbocycles. The first-order valence-electron chi connectivity index (χ1n) is 5.81. The number of hydrogen-bond donors (Lipinski definition) is 0. The maximum Gasteiger partial charge on any atom is 0.0348 e. The predicted molar refractivity (Wildman–Crippen MR) is 76.7 cm³/mol. The second-order valence-corrected chi connectivity index (χ2v) is 5.62. The fraction of sp³-hybridized carbons (Fsp3) is 0.125. The van der Waals surface area contributed by atoms with E-state index in [9.17, 15) is 0 Å². The molecule has 84 valence electrons. The zero-order valence-corrected chi connectivity index (χ0v) is 10.8. The van der Waals surface area contributed by atoms with E-state index >= 15 is 0 Å². The highest BCUT2D eigenvalue weighted by atomic mass is 32.1. The van der Waals surface area contributed by atoms with E-state index in [1.54, 1.807) is 0 Å². The lowest BCUT2D eigenvalue weighted by molar-refractivity contribution is 1.47. The Hall–Kier alpha value is -1.60. The van der Waals surface area contributed by atoms with Gasteiger partial charge in [-0.1, -0.05) is 36.4 Å². The molecule has 0 amide bonds. The summed E-state index contributed by atoms with van der Waals surface area (Å²) in [5.74, 6) is 0. The Balaban J connectivity index is 2.23. The molecule has 0 saturated heterocycles. The van der Waals surface area contributed by atoms with E-state index in [1.165, 1.54) is 31.7 Å². The van der Waals surface area contributed by atoms with Crippen molar-refractivity contribution >= 4 is 21.4 Å². The topological polar surface area (TPSA) is 0 Å². The number of benzene rings is 2. The average Bonchev–Trinajstić information content (AvgIpc) is 2.66. The molecule has 0 aliphatic carbocycles. The molecule has 0 aliphatic heterocycles. The van der Waals surface area contributed by atoms with E-state index in [4.69, 9.17) is 0 Å². The van der Waals surface area contributed by atoms with Gasteiger partial charge < -0.3 is 0 Å². The molecule has 0 radical (unpaired) electrons. The first-order chi connectivity index (χ1) is 8.25. The maximum absolute atomic E-state index is 2.31. The Bertz CT molecular complexity index is 663. The lowest BCUT2D eigenvalue weighted by Gasteiger charge is -2.02. The van der Waals surface area contributed by atoms with Gasteiger partial charge in [0.2, 0.25) is 0 Å². The van der Waals surface area contributed by atoms with Crippen molar-refractivity contribution in [3.8, 4) is 11.1 Å². The van der Waals surface area contributed by atoms with E-state index < -0.39 is 0 Å². The van der Waals surface area contributed by atoms with Crippen LogP contribution in [0.4, 0.5) is 0 Å². The molecular formula is C16H14S. The van der Waals surface area contributed by atoms with E-state index in [1.807, 2.05) is 11.3 Å².